The molecule has 2 N–H and O–H groups in total. The Labute approximate surface area is 98.7 Å². The summed E-state index contributed by atoms with van der Waals surface area (Å²) in [4.78, 5) is 8.60. The molecule has 0 aliphatic carbocycles. The van der Waals surface area contributed by atoms with Crippen LogP contribution >= 0.6 is 0 Å². The molecule has 0 saturated carbocycles. The van der Waals surface area contributed by atoms with Gasteiger partial charge in [0, 0.05) is 24.2 Å². The molecule has 0 atom stereocenters. The highest BCUT2D eigenvalue weighted by Gasteiger charge is 2.08. The molecule has 4 heteroatoms. The molecule has 0 aliphatic heterocycles. The first kappa shape index (κ1) is 9.84. The van der Waals surface area contributed by atoms with E-state index < -0.39 is 0 Å². The number of imidazole rings is 1. The van der Waals surface area contributed by atoms with Gasteiger partial charge in [0.1, 0.15) is 11.5 Å². The molecule has 0 saturated heterocycles. The topological polar surface area (TPSA) is 56.7 Å². The lowest BCUT2D eigenvalue weighted by molar-refractivity contribution is 0.925. The van der Waals surface area contributed by atoms with Gasteiger partial charge < -0.3 is 10.3 Å². The van der Waals surface area contributed by atoms with Gasteiger partial charge in [0.25, 0.3) is 0 Å². The van der Waals surface area contributed by atoms with Gasteiger partial charge in [-0.25, -0.2) is 4.98 Å². The number of aryl methyl sites for hydroxylation is 1. The third-order valence-electron chi connectivity index (χ3n) is 2.86. The number of benzene rings is 1. The van der Waals surface area contributed by atoms with Crippen LogP contribution in [0.5, 0.6) is 0 Å². The van der Waals surface area contributed by atoms with Gasteiger partial charge in [-0.3, -0.25) is 4.98 Å². The van der Waals surface area contributed by atoms with E-state index in [9.17, 15) is 0 Å². The molecular weight excluding hydrogens is 212 g/mol. The van der Waals surface area contributed by atoms with E-state index >= 15 is 0 Å². The van der Waals surface area contributed by atoms with E-state index in [0.717, 1.165) is 22.2 Å². The molecule has 17 heavy (non-hydrogen) atoms. The molecule has 0 aliphatic rings. The van der Waals surface area contributed by atoms with Crippen LogP contribution in [0.15, 0.2) is 42.9 Å². The third-order valence-corrected chi connectivity index (χ3v) is 2.86. The Morgan fingerprint density at radius 1 is 1.18 bits per heavy atom. The van der Waals surface area contributed by atoms with Crippen LogP contribution in [0.4, 0.5) is 5.82 Å². The van der Waals surface area contributed by atoms with Crippen molar-refractivity contribution in [3.63, 3.8) is 0 Å². The van der Waals surface area contributed by atoms with Crippen molar-refractivity contribution in [2.24, 2.45) is 7.05 Å². The first-order valence-electron chi connectivity index (χ1n) is 5.37. The van der Waals surface area contributed by atoms with Crippen molar-refractivity contribution in [2.75, 3.05) is 5.73 Å². The molecular formula is C13H12N4. The fourth-order valence-corrected chi connectivity index (χ4v) is 1.89. The number of nitrogens with two attached hydrogens (primary N) is 1. The quantitative estimate of drug-likeness (QED) is 0.689. The Bertz CT molecular complexity index is 685. The second-order valence-corrected chi connectivity index (χ2v) is 4.00. The van der Waals surface area contributed by atoms with E-state index in [-0.39, 0.29) is 0 Å². The number of hydrogen-bond acceptors (Lipinski definition) is 3. The molecule has 3 rings (SSSR count). The highest BCUT2D eigenvalue weighted by molar-refractivity contribution is 5.85. The SMILES string of the molecule is Cn1cnc(-c2ccc3ncccc3c2)c1N. The molecule has 84 valence electrons. The minimum Gasteiger partial charge on any atom is -0.383 e. The maximum absolute atomic E-state index is 5.96. The van der Waals surface area contributed by atoms with Gasteiger partial charge in [-0.1, -0.05) is 12.1 Å². The number of hydrogen-bond donors (Lipinski definition) is 1. The van der Waals surface area contributed by atoms with E-state index in [0.29, 0.717) is 5.82 Å². The number of nitrogens with zero attached hydrogens (tertiary/aromatic N) is 3. The van der Waals surface area contributed by atoms with Gasteiger partial charge in [-0.2, -0.15) is 0 Å². The summed E-state index contributed by atoms with van der Waals surface area (Å²) in [5, 5.41) is 1.09. The number of rotatable bonds is 1. The van der Waals surface area contributed by atoms with Crippen molar-refractivity contribution in [2.45, 2.75) is 0 Å². The lowest BCUT2D eigenvalue weighted by Gasteiger charge is -2.02. The average Bonchev–Trinajstić information content (AvgIpc) is 2.70. The van der Waals surface area contributed by atoms with E-state index in [1.54, 1.807) is 12.5 Å². The summed E-state index contributed by atoms with van der Waals surface area (Å²) in [7, 11) is 1.88. The standard InChI is InChI=1S/C13H12N4/c1-17-8-16-12(13(17)14)10-4-5-11-9(7-10)3-2-6-15-11/h2-8H,14H2,1H3. The molecule has 1 aromatic carbocycles. The fraction of sp³-hybridized carbons (Fsp3) is 0.0769. The summed E-state index contributed by atoms with van der Waals surface area (Å²) in [5.74, 6) is 0.674. The summed E-state index contributed by atoms with van der Waals surface area (Å²) >= 11 is 0. The van der Waals surface area contributed by atoms with Gasteiger partial charge in [-0.05, 0) is 18.2 Å². The van der Waals surface area contributed by atoms with Crippen LogP contribution in [0.25, 0.3) is 22.2 Å². The zero-order valence-electron chi connectivity index (χ0n) is 9.46. The molecule has 2 aromatic heterocycles. The zero-order chi connectivity index (χ0) is 11.8. The smallest absolute Gasteiger partial charge is 0.131 e. The van der Waals surface area contributed by atoms with Gasteiger partial charge in [-0.15, -0.1) is 0 Å². The Kier molecular flexibility index (Phi) is 2.08. The average molecular weight is 224 g/mol. The second-order valence-electron chi connectivity index (χ2n) is 4.00. The van der Waals surface area contributed by atoms with Crippen molar-refractivity contribution >= 4 is 16.7 Å². The fourth-order valence-electron chi connectivity index (χ4n) is 1.89. The molecule has 0 amide bonds. The van der Waals surface area contributed by atoms with Crippen LogP contribution < -0.4 is 5.73 Å². The molecule has 0 bridgehead atoms. The van der Waals surface area contributed by atoms with Crippen LogP contribution in [0.2, 0.25) is 0 Å². The Morgan fingerprint density at radius 3 is 2.82 bits per heavy atom. The van der Waals surface area contributed by atoms with Crippen LogP contribution in [0, 0.1) is 0 Å². The zero-order valence-corrected chi connectivity index (χ0v) is 9.46. The number of nitrogen functional groups attached to an aromatic ring is 1. The first-order valence-corrected chi connectivity index (χ1v) is 5.37. The highest BCUT2D eigenvalue weighted by Crippen LogP contribution is 2.26. The van der Waals surface area contributed by atoms with Crippen LogP contribution in [-0.2, 0) is 7.05 Å². The molecule has 3 aromatic rings. The lowest BCUT2D eigenvalue weighted by Crippen LogP contribution is -1.95. The van der Waals surface area contributed by atoms with Crippen LogP contribution in [0.1, 0.15) is 0 Å². The van der Waals surface area contributed by atoms with Crippen LogP contribution in [-0.4, -0.2) is 14.5 Å². The number of anilines is 1. The van der Waals surface area contributed by atoms with Crippen molar-refractivity contribution in [3.8, 4) is 11.3 Å². The van der Waals surface area contributed by atoms with E-state index in [4.69, 9.17) is 5.73 Å². The monoisotopic (exact) mass is 224 g/mol. The largest absolute Gasteiger partial charge is 0.383 e. The number of aromatic nitrogens is 3. The molecule has 0 radical (unpaired) electrons. The second kappa shape index (κ2) is 3.59. The summed E-state index contributed by atoms with van der Waals surface area (Å²) in [6, 6.07) is 9.99. The maximum atomic E-state index is 5.96. The minimum absolute atomic E-state index is 0.674. The minimum atomic E-state index is 0.674. The van der Waals surface area contributed by atoms with Crippen molar-refractivity contribution < 1.29 is 0 Å². The summed E-state index contributed by atoms with van der Waals surface area (Å²) in [6.07, 6.45) is 3.51. The molecule has 0 spiro atoms. The third kappa shape index (κ3) is 1.54. The molecule has 0 fully saturated rings. The predicted molar refractivity (Wildman–Crippen MR) is 68.4 cm³/mol. The predicted octanol–water partition coefficient (Wildman–Crippen LogP) is 2.22. The van der Waals surface area contributed by atoms with Crippen molar-refractivity contribution in [1.82, 2.24) is 14.5 Å². The Balaban J connectivity index is 2.21. The maximum Gasteiger partial charge on any atom is 0.131 e. The number of fused-ring (bicyclic) bond motifs is 1. The van der Waals surface area contributed by atoms with Gasteiger partial charge >= 0.3 is 0 Å². The van der Waals surface area contributed by atoms with Crippen molar-refractivity contribution in [1.29, 1.82) is 0 Å². The van der Waals surface area contributed by atoms with E-state index in [1.807, 2.05) is 35.9 Å². The van der Waals surface area contributed by atoms with E-state index in [1.165, 1.54) is 0 Å². The molecule has 4 nitrogen and oxygen atoms in total. The summed E-state index contributed by atoms with van der Waals surface area (Å²) in [5.41, 5.74) is 8.78. The van der Waals surface area contributed by atoms with Crippen LogP contribution in [0.3, 0.4) is 0 Å². The normalized spacial score (nSPS) is 10.9. The van der Waals surface area contributed by atoms with Gasteiger partial charge in [0.05, 0.1) is 11.8 Å². The lowest BCUT2D eigenvalue weighted by atomic mass is 10.1. The molecule has 2 heterocycles. The number of pyridine rings is 1. The van der Waals surface area contributed by atoms with E-state index in [2.05, 4.69) is 16.0 Å². The Morgan fingerprint density at radius 2 is 2.06 bits per heavy atom. The summed E-state index contributed by atoms with van der Waals surface area (Å²) in [6.45, 7) is 0. The first-order chi connectivity index (χ1) is 8.25. The molecule has 0 unspecified atom stereocenters. The highest BCUT2D eigenvalue weighted by atomic mass is 15.1. The van der Waals surface area contributed by atoms with Crippen molar-refractivity contribution in [3.05, 3.63) is 42.9 Å². The summed E-state index contributed by atoms with van der Waals surface area (Å²) < 4.78 is 1.81. The van der Waals surface area contributed by atoms with Gasteiger partial charge in [0.2, 0.25) is 0 Å². The van der Waals surface area contributed by atoms with Gasteiger partial charge in [0.15, 0.2) is 0 Å². The Hall–Kier alpha value is -2.36.